The molecule has 0 radical (unpaired) electrons. The van der Waals surface area contributed by atoms with Crippen LogP contribution < -0.4 is 5.32 Å². The van der Waals surface area contributed by atoms with Gasteiger partial charge >= 0.3 is 0 Å². The minimum absolute atomic E-state index is 0.235. The van der Waals surface area contributed by atoms with E-state index < -0.39 is 11.9 Å². The number of nitrogens with one attached hydrogen (secondary N) is 1. The molecule has 0 saturated heterocycles. The molecule has 20 heavy (non-hydrogen) atoms. The molecule has 1 unspecified atom stereocenters. The van der Waals surface area contributed by atoms with Crippen LogP contribution >= 0.6 is 23.2 Å². The lowest BCUT2D eigenvalue weighted by molar-refractivity contribution is 0.520. The van der Waals surface area contributed by atoms with E-state index in [1.807, 2.05) is 0 Å². The van der Waals surface area contributed by atoms with Gasteiger partial charge in [0, 0.05) is 27.2 Å². The van der Waals surface area contributed by atoms with Gasteiger partial charge in [0.15, 0.2) is 0 Å². The van der Waals surface area contributed by atoms with Crippen molar-refractivity contribution in [2.45, 2.75) is 12.5 Å². The molecule has 5 heteroatoms. The lowest BCUT2D eigenvalue weighted by atomic mass is 9.98. The molecule has 2 rings (SSSR count). The molecule has 0 fully saturated rings. The Morgan fingerprint density at radius 3 is 2.50 bits per heavy atom. The van der Waals surface area contributed by atoms with Gasteiger partial charge in [-0.1, -0.05) is 29.3 Å². The predicted molar refractivity (Wildman–Crippen MR) is 78.3 cm³/mol. The molecular weight excluding hydrogens is 303 g/mol. The Morgan fingerprint density at radius 2 is 1.85 bits per heavy atom. The van der Waals surface area contributed by atoms with E-state index in [0.717, 1.165) is 0 Å². The van der Waals surface area contributed by atoms with Gasteiger partial charge in [-0.15, -0.1) is 0 Å². The highest BCUT2D eigenvalue weighted by molar-refractivity contribution is 6.31. The second-order valence-corrected chi connectivity index (χ2v) is 5.26. The summed E-state index contributed by atoms with van der Waals surface area (Å²) in [5, 5.41) is 3.72. The van der Waals surface area contributed by atoms with Crippen molar-refractivity contribution in [1.82, 2.24) is 5.32 Å². The fourth-order valence-corrected chi connectivity index (χ4v) is 2.50. The summed E-state index contributed by atoms with van der Waals surface area (Å²) in [4.78, 5) is 0. The van der Waals surface area contributed by atoms with Gasteiger partial charge in [0.2, 0.25) is 0 Å². The zero-order valence-electron chi connectivity index (χ0n) is 10.8. The molecule has 0 amide bonds. The highest BCUT2D eigenvalue weighted by Gasteiger charge is 2.18. The van der Waals surface area contributed by atoms with Crippen molar-refractivity contribution in [3.63, 3.8) is 0 Å². The van der Waals surface area contributed by atoms with Crippen molar-refractivity contribution in [2.24, 2.45) is 0 Å². The number of likely N-dealkylation sites (N-methyl/N-ethyl adjacent to an activating group) is 1. The molecule has 0 saturated carbocycles. The van der Waals surface area contributed by atoms with Crippen LogP contribution in [0.1, 0.15) is 17.2 Å². The first-order chi connectivity index (χ1) is 9.52. The predicted octanol–water partition coefficient (Wildman–Crippen LogP) is 4.77. The molecule has 0 heterocycles. The molecule has 106 valence electrons. The lowest BCUT2D eigenvalue weighted by Gasteiger charge is -2.19. The monoisotopic (exact) mass is 315 g/mol. The molecule has 1 N–H and O–H groups in total. The summed E-state index contributed by atoms with van der Waals surface area (Å²) < 4.78 is 27.7. The minimum Gasteiger partial charge on any atom is -0.313 e. The van der Waals surface area contributed by atoms with E-state index in [9.17, 15) is 8.78 Å². The van der Waals surface area contributed by atoms with Crippen LogP contribution in [-0.4, -0.2) is 7.05 Å². The second-order valence-electron chi connectivity index (χ2n) is 4.41. The van der Waals surface area contributed by atoms with Crippen LogP contribution in [0.2, 0.25) is 10.0 Å². The van der Waals surface area contributed by atoms with Crippen molar-refractivity contribution in [2.75, 3.05) is 7.05 Å². The van der Waals surface area contributed by atoms with Crippen LogP contribution in [0.4, 0.5) is 8.78 Å². The maximum atomic E-state index is 13.9. The third-order valence-electron chi connectivity index (χ3n) is 3.15. The molecule has 1 atom stereocenters. The molecule has 0 aliphatic carbocycles. The molecule has 0 spiro atoms. The normalized spacial score (nSPS) is 12.4. The summed E-state index contributed by atoms with van der Waals surface area (Å²) in [5.74, 6) is -0.790. The summed E-state index contributed by atoms with van der Waals surface area (Å²) in [6.07, 6.45) is 0.235. The average molecular weight is 316 g/mol. The molecule has 2 aromatic carbocycles. The van der Waals surface area contributed by atoms with E-state index in [1.165, 1.54) is 30.3 Å². The SMILES string of the molecule is CNC(Cc1c(F)cccc1Cl)c1cc(Cl)ccc1F. The molecule has 0 bridgehead atoms. The fourth-order valence-electron chi connectivity index (χ4n) is 2.08. The summed E-state index contributed by atoms with van der Waals surface area (Å²) in [7, 11) is 1.68. The Labute approximate surface area is 126 Å². The van der Waals surface area contributed by atoms with Gasteiger partial charge in [0.25, 0.3) is 0 Å². The van der Waals surface area contributed by atoms with Gasteiger partial charge in [0.05, 0.1) is 0 Å². The fraction of sp³-hybridized carbons (Fsp3) is 0.200. The third kappa shape index (κ3) is 3.29. The minimum atomic E-state index is -0.414. The van der Waals surface area contributed by atoms with E-state index >= 15 is 0 Å². The maximum absolute atomic E-state index is 13.9. The lowest BCUT2D eigenvalue weighted by Crippen LogP contribution is -2.20. The Kier molecular flexibility index (Phi) is 4.97. The van der Waals surface area contributed by atoms with E-state index in [2.05, 4.69) is 5.32 Å². The van der Waals surface area contributed by atoms with E-state index in [-0.39, 0.29) is 12.2 Å². The Hall–Kier alpha value is -1.16. The number of rotatable bonds is 4. The van der Waals surface area contributed by atoms with Gasteiger partial charge < -0.3 is 5.32 Å². The summed E-state index contributed by atoms with van der Waals surface area (Å²) in [6.45, 7) is 0. The number of halogens is 4. The highest BCUT2D eigenvalue weighted by Crippen LogP contribution is 2.28. The Morgan fingerprint density at radius 1 is 1.10 bits per heavy atom. The topological polar surface area (TPSA) is 12.0 Å². The number of hydrogen-bond acceptors (Lipinski definition) is 1. The third-order valence-corrected chi connectivity index (χ3v) is 3.74. The molecule has 0 aliphatic rings. The average Bonchev–Trinajstić information content (AvgIpc) is 2.42. The van der Waals surface area contributed by atoms with Crippen molar-refractivity contribution in [3.8, 4) is 0 Å². The maximum Gasteiger partial charge on any atom is 0.128 e. The van der Waals surface area contributed by atoms with Crippen LogP contribution in [0.25, 0.3) is 0 Å². The first kappa shape index (κ1) is 15.2. The quantitative estimate of drug-likeness (QED) is 0.856. The zero-order valence-corrected chi connectivity index (χ0v) is 12.3. The molecule has 0 aliphatic heterocycles. The zero-order chi connectivity index (χ0) is 14.7. The van der Waals surface area contributed by atoms with Crippen LogP contribution in [0.5, 0.6) is 0 Å². The number of hydrogen-bond donors (Lipinski definition) is 1. The molecular formula is C15H13Cl2F2N. The van der Waals surface area contributed by atoms with Crippen molar-refractivity contribution >= 4 is 23.2 Å². The van der Waals surface area contributed by atoms with Crippen LogP contribution in [0.3, 0.4) is 0 Å². The smallest absolute Gasteiger partial charge is 0.128 e. The first-order valence-corrected chi connectivity index (χ1v) is 6.83. The van der Waals surface area contributed by atoms with Gasteiger partial charge in [-0.3, -0.25) is 0 Å². The molecule has 0 aromatic heterocycles. The van der Waals surface area contributed by atoms with Crippen molar-refractivity contribution in [3.05, 3.63) is 69.2 Å². The van der Waals surface area contributed by atoms with Gasteiger partial charge in [0.1, 0.15) is 11.6 Å². The van der Waals surface area contributed by atoms with Crippen LogP contribution in [0.15, 0.2) is 36.4 Å². The highest BCUT2D eigenvalue weighted by atomic mass is 35.5. The molecule has 1 nitrogen and oxygen atoms in total. The Balaban J connectivity index is 2.36. The Bertz CT molecular complexity index is 597. The van der Waals surface area contributed by atoms with E-state index in [1.54, 1.807) is 13.1 Å². The summed E-state index contributed by atoms with van der Waals surface area (Å²) in [5.41, 5.74) is 0.743. The number of benzene rings is 2. The second kappa shape index (κ2) is 6.53. The van der Waals surface area contributed by atoms with E-state index in [0.29, 0.717) is 21.2 Å². The van der Waals surface area contributed by atoms with Crippen molar-refractivity contribution in [1.29, 1.82) is 0 Å². The first-order valence-electron chi connectivity index (χ1n) is 6.08. The molecule has 2 aromatic rings. The van der Waals surface area contributed by atoms with Gasteiger partial charge in [-0.05, 0) is 43.8 Å². The van der Waals surface area contributed by atoms with Gasteiger partial charge in [-0.25, -0.2) is 8.78 Å². The van der Waals surface area contributed by atoms with Gasteiger partial charge in [-0.2, -0.15) is 0 Å². The van der Waals surface area contributed by atoms with Crippen LogP contribution in [0, 0.1) is 11.6 Å². The largest absolute Gasteiger partial charge is 0.313 e. The summed E-state index contributed by atoms with van der Waals surface area (Å²) >= 11 is 11.9. The van der Waals surface area contributed by atoms with Crippen molar-refractivity contribution < 1.29 is 8.78 Å². The summed E-state index contributed by atoms with van der Waals surface area (Å²) in [6, 6.07) is 8.38. The van der Waals surface area contributed by atoms with Crippen LogP contribution in [-0.2, 0) is 6.42 Å². The van der Waals surface area contributed by atoms with E-state index in [4.69, 9.17) is 23.2 Å². The standard InChI is InChI=1S/C15H13Cl2F2N/c1-20-15(11-7-9(16)5-6-14(11)19)8-10-12(17)3-2-4-13(10)18/h2-7,15,20H,8H2,1H3.